The molecule has 7 heteroatoms. The van der Waals surface area contributed by atoms with Crippen LogP contribution in [0.4, 0.5) is 0 Å². The Bertz CT molecular complexity index is 967. The number of benzene rings is 2. The van der Waals surface area contributed by atoms with Gasteiger partial charge in [-0.15, -0.1) is 0 Å². The van der Waals surface area contributed by atoms with Crippen LogP contribution in [0.15, 0.2) is 65.9 Å². The molecule has 26 heavy (non-hydrogen) atoms. The fourth-order valence-corrected chi connectivity index (χ4v) is 2.72. The monoisotopic (exact) mass is 387 g/mol. The molecule has 3 rings (SSSR count). The molecule has 5 nitrogen and oxygen atoms in total. The molecular formula is C19H15Cl2N3O2. The zero-order valence-corrected chi connectivity index (χ0v) is 15.3. The van der Waals surface area contributed by atoms with Gasteiger partial charge in [-0.05, 0) is 42.5 Å². The van der Waals surface area contributed by atoms with E-state index in [4.69, 9.17) is 27.9 Å². The van der Waals surface area contributed by atoms with Crippen LogP contribution in [0.25, 0.3) is 0 Å². The molecule has 0 bridgehead atoms. The molecule has 0 fully saturated rings. The van der Waals surface area contributed by atoms with Crippen molar-refractivity contribution in [3.05, 3.63) is 82.1 Å². The van der Waals surface area contributed by atoms with E-state index in [1.807, 2.05) is 18.2 Å². The fourth-order valence-electron chi connectivity index (χ4n) is 2.27. The standard InChI is InChI=1S/C19H15Cl2N3O2/c1-24-10-4-6-16(24)19(25)23-22-12-13-5-2-3-7-17(13)26-18-9-8-14(20)11-15(18)21/h2-12H,1H3,(H,23,25). The molecule has 2 aromatic carbocycles. The number of amides is 1. The smallest absolute Gasteiger partial charge is 0.287 e. The molecule has 0 aliphatic carbocycles. The number of nitrogens with one attached hydrogen (secondary N) is 1. The summed E-state index contributed by atoms with van der Waals surface area (Å²) < 4.78 is 7.56. The number of carbonyl (C=O) groups excluding carboxylic acids is 1. The van der Waals surface area contributed by atoms with E-state index >= 15 is 0 Å². The van der Waals surface area contributed by atoms with Crippen molar-refractivity contribution in [1.82, 2.24) is 9.99 Å². The molecule has 3 aromatic rings. The van der Waals surface area contributed by atoms with Crippen LogP contribution in [-0.4, -0.2) is 16.7 Å². The quantitative estimate of drug-likeness (QED) is 0.500. The number of hydrazone groups is 1. The van der Waals surface area contributed by atoms with Crippen LogP contribution in [0, 0.1) is 0 Å². The van der Waals surface area contributed by atoms with Crippen LogP contribution in [0.3, 0.4) is 0 Å². The van der Waals surface area contributed by atoms with Crippen LogP contribution in [0.2, 0.25) is 10.0 Å². The highest BCUT2D eigenvalue weighted by atomic mass is 35.5. The van der Waals surface area contributed by atoms with Crippen molar-refractivity contribution >= 4 is 35.3 Å². The molecule has 0 saturated heterocycles. The highest BCUT2D eigenvalue weighted by Crippen LogP contribution is 2.32. The Morgan fingerprint density at radius 1 is 1.12 bits per heavy atom. The Kier molecular flexibility index (Phi) is 5.61. The van der Waals surface area contributed by atoms with Gasteiger partial charge in [0.2, 0.25) is 0 Å². The molecular weight excluding hydrogens is 373 g/mol. The van der Waals surface area contributed by atoms with Crippen molar-refractivity contribution in [2.45, 2.75) is 0 Å². The Labute approximate surface area is 160 Å². The second kappa shape index (κ2) is 8.08. The van der Waals surface area contributed by atoms with Crippen molar-refractivity contribution < 1.29 is 9.53 Å². The highest BCUT2D eigenvalue weighted by Gasteiger charge is 2.09. The second-order valence-electron chi connectivity index (χ2n) is 5.42. The van der Waals surface area contributed by atoms with Gasteiger partial charge in [-0.2, -0.15) is 5.10 Å². The summed E-state index contributed by atoms with van der Waals surface area (Å²) in [6.45, 7) is 0. The molecule has 0 saturated carbocycles. The second-order valence-corrected chi connectivity index (χ2v) is 6.26. The number of aryl methyl sites for hydroxylation is 1. The lowest BCUT2D eigenvalue weighted by Crippen LogP contribution is -2.20. The normalized spacial score (nSPS) is 10.9. The first-order chi connectivity index (χ1) is 12.5. The Morgan fingerprint density at radius 2 is 1.92 bits per heavy atom. The third-order valence-corrected chi connectivity index (χ3v) is 4.11. The number of halogens is 2. The summed E-state index contributed by atoms with van der Waals surface area (Å²) in [6.07, 6.45) is 3.30. The number of nitrogens with zero attached hydrogens (tertiary/aromatic N) is 2. The maximum atomic E-state index is 12.1. The number of aromatic nitrogens is 1. The minimum atomic E-state index is -0.298. The first-order valence-electron chi connectivity index (χ1n) is 7.71. The number of rotatable bonds is 5. The highest BCUT2D eigenvalue weighted by molar-refractivity contribution is 6.35. The maximum absolute atomic E-state index is 12.1. The Hall–Kier alpha value is -2.76. The minimum absolute atomic E-state index is 0.298. The van der Waals surface area contributed by atoms with E-state index in [9.17, 15) is 4.79 Å². The van der Waals surface area contributed by atoms with Crippen LogP contribution < -0.4 is 10.2 Å². The molecule has 1 N–H and O–H groups in total. The predicted octanol–water partition coefficient (Wildman–Crippen LogP) is 4.89. The van der Waals surface area contributed by atoms with E-state index in [0.29, 0.717) is 32.8 Å². The molecule has 0 unspecified atom stereocenters. The maximum Gasteiger partial charge on any atom is 0.287 e. The number of hydrogen-bond donors (Lipinski definition) is 1. The third-order valence-electron chi connectivity index (χ3n) is 3.58. The number of hydrogen-bond acceptors (Lipinski definition) is 3. The van der Waals surface area contributed by atoms with Gasteiger partial charge in [0.1, 0.15) is 17.2 Å². The van der Waals surface area contributed by atoms with E-state index in [1.54, 1.807) is 54.2 Å². The average molecular weight is 388 g/mol. The van der Waals surface area contributed by atoms with E-state index in [1.165, 1.54) is 6.21 Å². The lowest BCUT2D eigenvalue weighted by atomic mass is 10.2. The van der Waals surface area contributed by atoms with Gasteiger partial charge in [0.25, 0.3) is 5.91 Å². The molecule has 0 aliphatic rings. The lowest BCUT2D eigenvalue weighted by molar-refractivity contribution is 0.0947. The third kappa shape index (κ3) is 4.25. The number of para-hydroxylation sites is 1. The molecule has 132 valence electrons. The van der Waals surface area contributed by atoms with Crippen molar-refractivity contribution in [2.24, 2.45) is 12.1 Å². The molecule has 0 spiro atoms. The van der Waals surface area contributed by atoms with Crippen molar-refractivity contribution in [3.8, 4) is 11.5 Å². The zero-order chi connectivity index (χ0) is 18.5. The summed E-state index contributed by atoms with van der Waals surface area (Å²) in [5.74, 6) is 0.728. The van der Waals surface area contributed by atoms with Gasteiger partial charge in [-0.25, -0.2) is 5.43 Å². The summed E-state index contributed by atoms with van der Waals surface area (Å²) in [5, 5.41) is 4.94. The van der Waals surface area contributed by atoms with Gasteiger partial charge in [0.15, 0.2) is 0 Å². The van der Waals surface area contributed by atoms with Gasteiger partial charge < -0.3 is 9.30 Å². The summed E-state index contributed by atoms with van der Waals surface area (Å²) in [4.78, 5) is 12.1. The van der Waals surface area contributed by atoms with Crippen LogP contribution in [-0.2, 0) is 7.05 Å². The minimum Gasteiger partial charge on any atom is -0.455 e. The largest absolute Gasteiger partial charge is 0.455 e. The topological polar surface area (TPSA) is 55.6 Å². The zero-order valence-electron chi connectivity index (χ0n) is 13.8. The van der Waals surface area contributed by atoms with Crippen molar-refractivity contribution in [1.29, 1.82) is 0 Å². The van der Waals surface area contributed by atoms with E-state index < -0.39 is 0 Å². The Morgan fingerprint density at radius 3 is 2.65 bits per heavy atom. The van der Waals surface area contributed by atoms with Crippen LogP contribution in [0.1, 0.15) is 16.1 Å². The van der Waals surface area contributed by atoms with Crippen LogP contribution >= 0.6 is 23.2 Å². The molecule has 0 aliphatic heterocycles. The van der Waals surface area contributed by atoms with E-state index in [0.717, 1.165) is 0 Å². The van der Waals surface area contributed by atoms with E-state index in [-0.39, 0.29) is 5.91 Å². The van der Waals surface area contributed by atoms with Gasteiger partial charge in [-0.3, -0.25) is 4.79 Å². The number of carbonyl (C=O) groups is 1. The van der Waals surface area contributed by atoms with Gasteiger partial charge in [0.05, 0.1) is 11.2 Å². The number of ether oxygens (including phenoxy) is 1. The molecule has 1 amide bonds. The van der Waals surface area contributed by atoms with Crippen LogP contribution in [0.5, 0.6) is 11.5 Å². The first kappa shape index (κ1) is 18.0. The lowest BCUT2D eigenvalue weighted by Gasteiger charge is -2.10. The summed E-state index contributed by atoms with van der Waals surface area (Å²) in [7, 11) is 1.79. The molecule has 0 radical (unpaired) electrons. The SMILES string of the molecule is Cn1cccc1C(=O)NN=Cc1ccccc1Oc1ccc(Cl)cc1Cl. The van der Waals surface area contributed by atoms with E-state index in [2.05, 4.69) is 10.5 Å². The summed E-state index contributed by atoms with van der Waals surface area (Å²) >= 11 is 12.0. The predicted molar refractivity (Wildman–Crippen MR) is 103 cm³/mol. The summed E-state index contributed by atoms with van der Waals surface area (Å²) in [6, 6.07) is 15.8. The van der Waals surface area contributed by atoms with Crippen molar-refractivity contribution in [2.75, 3.05) is 0 Å². The summed E-state index contributed by atoms with van der Waals surface area (Å²) in [5.41, 5.74) is 3.69. The first-order valence-corrected chi connectivity index (χ1v) is 8.47. The Balaban J connectivity index is 1.75. The average Bonchev–Trinajstić information content (AvgIpc) is 3.05. The van der Waals surface area contributed by atoms with Gasteiger partial charge >= 0.3 is 0 Å². The van der Waals surface area contributed by atoms with Crippen molar-refractivity contribution in [3.63, 3.8) is 0 Å². The molecule has 1 aromatic heterocycles. The molecule has 0 atom stereocenters. The van der Waals surface area contributed by atoms with Gasteiger partial charge in [0, 0.05) is 23.8 Å². The fraction of sp³-hybridized carbons (Fsp3) is 0.0526. The van der Waals surface area contributed by atoms with Gasteiger partial charge in [-0.1, -0.05) is 35.3 Å². The molecule has 1 heterocycles.